The highest BCUT2D eigenvalue weighted by Crippen LogP contribution is 2.12. The molecule has 2 N–H and O–H groups in total. The van der Waals surface area contributed by atoms with Crippen LogP contribution in [0.15, 0.2) is 41.0 Å². The minimum absolute atomic E-state index is 0.0757. The fourth-order valence-corrected chi connectivity index (χ4v) is 2.25. The third kappa shape index (κ3) is 4.22. The Bertz CT molecular complexity index is 675. The molecular weight excluding hydrogens is 282 g/mol. The first-order valence-electron chi connectivity index (χ1n) is 7.07. The average molecular weight is 301 g/mol. The van der Waals surface area contributed by atoms with Crippen molar-refractivity contribution in [3.63, 3.8) is 0 Å². The second kappa shape index (κ2) is 6.93. The first-order valence-corrected chi connectivity index (χ1v) is 7.07. The molecule has 0 spiro atoms. The van der Waals surface area contributed by atoms with Crippen LogP contribution in [0.2, 0.25) is 0 Å². The predicted molar refractivity (Wildman–Crippen MR) is 81.8 cm³/mol. The Hall–Kier alpha value is -2.56. The van der Waals surface area contributed by atoms with E-state index in [1.807, 2.05) is 31.2 Å². The molecular formula is C17H19NO4. The number of carboxylic acids is 1. The quantitative estimate of drug-likeness (QED) is 0.859. The molecule has 1 heterocycles. The molecule has 0 saturated carbocycles. The van der Waals surface area contributed by atoms with Crippen LogP contribution in [0.3, 0.4) is 0 Å². The van der Waals surface area contributed by atoms with Crippen molar-refractivity contribution >= 4 is 11.9 Å². The standard InChI is InChI=1S/C17H19NO4/c1-11-4-3-5-13(6-11)8-14(17(20)21)9-18-16(19)15-7-12(2)22-10-15/h3-7,10,14H,8-9H2,1-2H3,(H,18,19)(H,20,21). The van der Waals surface area contributed by atoms with Gasteiger partial charge in [0, 0.05) is 6.54 Å². The monoisotopic (exact) mass is 301 g/mol. The zero-order valence-electron chi connectivity index (χ0n) is 12.6. The van der Waals surface area contributed by atoms with Gasteiger partial charge in [0.05, 0.1) is 11.5 Å². The zero-order valence-corrected chi connectivity index (χ0v) is 12.6. The van der Waals surface area contributed by atoms with Crippen molar-refractivity contribution in [2.45, 2.75) is 20.3 Å². The summed E-state index contributed by atoms with van der Waals surface area (Å²) in [5.41, 5.74) is 2.43. The molecule has 0 aliphatic carbocycles. The SMILES string of the molecule is Cc1cccc(CC(CNC(=O)c2coc(C)c2)C(=O)O)c1. The maximum atomic E-state index is 11.9. The molecule has 1 amide bonds. The third-order valence-electron chi connectivity index (χ3n) is 3.42. The normalized spacial score (nSPS) is 11.9. The Morgan fingerprint density at radius 1 is 1.27 bits per heavy atom. The summed E-state index contributed by atoms with van der Waals surface area (Å²) in [6.07, 6.45) is 1.74. The summed E-state index contributed by atoms with van der Waals surface area (Å²) >= 11 is 0. The van der Waals surface area contributed by atoms with Gasteiger partial charge in [-0.2, -0.15) is 0 Å². The number of aryl methyl sites for hydroxylation is 2. The lowest BCUT2D eigenvalue weighted by Crippen LogP contribution is -2.34. The van der Waals surface area contributed by atoms with Gasteiger partial charge in [-0.05, 0) is 31.9 Å². The number of carbonyl (C=O) groups is 2. The van der Waals surface area contributed by atoms with Crippen LogP contribution in [0.1, 0.15) is 27.2 Å². The number of hydrogen-bond acceptors (Lipinski definition) is 3. The largest absolute Gasteiger partial charge is 0.481 e. The molecule has 1 aromatic carbocycles. The van der Waals surface area contributed by atoms with Crippen molar-refractivity contribution in [3.05, 3.63) is 59.0 Å². The molecule has 22 heavy (non-hydrogen) atoms. The number of furan rings is 1. The van der Waals surface area contributed by atoms with E-state index in [4.69, 9.17) is 4.42 Å². The average Bonchev–Trinajstić information content (AvgIpc) is 2.89. The van der Waals surface area contributed by atoms with Gasteiger partial charge in [0.25, 0.3) is 5.91 Å². The van der Waals surface area contributed by atoms with Gasteiger partial charge in [-0.15, -0.1) is 0 Å². The van der Waals surface area contributed by atoms with Crippen molar-refractivity contribution in [1.29, 1.82) is 0 Å². The number of nitrogens with one attached hydrogen (secondary N) is 1. The summed E-state index contributed by atoms with van der Waals surface area (Å²) in [4.78, 5) is 23.3. The van der Waals surface area contributed by atoms with Gasteiger partial charge in [-0.3, -0.25) is 9.59 Å². The lowest BCUT2D eigenvalue weighted by atomic mass is 9.98. The van der Waals surface area contributed by atoms with Gasteiger partial charge in [0.15, 0.2) is 0 Å². The first-order chi connectivity index (χ1) is 10.5. The molecule has 1 aromatic heterocycles. The van der Waals surface area contributed by atoms with E-state index in [0.717, 1.165) is 11.1 Å². The number of amides is 1. The van der Waals surface area contributed by atoms with E-state index < -0.39 is 11.9 Å². The maximum Gasteiger partial charge on any atom is 0.308 e. The van der Waals surface area contributed by atoms with Crippen LogP contribution < -0.4 is 5.32 Å². The summed E-state index contributed by atoms with van der Waals surface area (Å²) in [5, 5.41) is 12.0. The van der Waals surface area contributed by atoms with Gasteiger partial charge in [-0.1, -0.05) is 29.8 Å². The van der Waals surface area contributed by atoms with Gasteiger partial charge >= 0.3 is 5.97 Å². The number of aliphatic carboxylic acids is 1. The summed E-state index contributed by atoms with van der Waals surface area (Å²) in [6.45, 7) is 3.78. The Morgan fingerprint density at radius 2 is 2.05 bits per heavy atom. The zero-order chi connectivity index (χ0) is 16.1. The van der Waals surface area contributed by atoms with Gasteiger partial charge in [0.1, 0.15) is 12.0 Å². The Kier molecular flexibility index (Phi) is 4.99. The van der Waals surface area contributed by atoms with E-state index in [9.17, 15) is 14.7 Å². The molecule has 5 nitrogen and oxygen atoms in total. The van der Waals surface area contributed by atoms with E-state index >= 15 is 0 Å². The minimum atomic E-state index is -0.926. The summed E-state index contributed by atoms with van der Waals surface area (Å²) in [6, 6.07) is 9.33. The summed E-state index contributed by atoms with van der Waals surface area (Å²) in [5.74, 6) is -1.28. The highest BCUT2D eigenvalue weighted by molar-refractivity contribution is 5.94. The number of carboxylic acid groups (broad SMARTS) is 1. The van der Waals surface area contributed by atoms with E-state index in [0.29, 0.717) is 17.7 Å². The van der Waals surface area contributed by atoms with Crippen LogP contribution in [0.5, 0.6) is 0 Å². The fraction of sp³-hybridized carbons (Fsp3) is 0.294. The lowest BCUT2D eigenvalue weighted by Gasteiger charge is -2.13. The first kappa shape index (κ1) is 15.8. The number of hydrogen-bond donors (Lipinski definition) is 2. The lowest BCUT2D eigenvalue weighted by molar-refractivity contribution is -0.141. The van der Waals surface area contributed by atoms with E-state index in [-0.39, 0.29) is 12.5 Å². The number of rotatable bonds is 6. The molecule has 5 heteroatoms. The maximum absolute atomic E-state index is 11.9. The van der Waals surface area contributed by atoms with Gasteiger partial charge in [0.2, 0.25) is 0 Å². The van der Waals surface area contributed by atoms with Crippen LogP contribution in [0.25, 0.3) is 0 Å². The second-order valence-electron chi connectivity index (χ2n) is 5.38. The van der Waals surface area contributed by atoms with Crippen molar-refractivity contribution < 1.29 is 19.1 Å². The topological polar surface area (TPSA) is 79.5 Å². The molecule has 2 aromatic rings. The molecule has 0 radical (unpaired) electrons. The Balaban J connectivity index is 1.97. The molecule has 116 valence electrons. The van der Waals surface area contributed by atoms with Gasteiger partial charge < -0.3 is 14.8 Å². The summed E-state index contributed by atoms with van der Waals surface area (Å²) < 4.78 is 5.07. The fourth-order valence-electron chi connectivity index (χ4n) is 2.25. The highest BCUT2D eigenvalue weighted by Gasteiger charge is 2.20. The van der Waals surface area contributed by atoms with Crippen molar-refractivity contribution in [2.24, 2.45) is 5.92 Å². The van der Waals surface area contributed by atoms with Crippen LogP contribution in [0.4, 0.5) is 0 Å². The molecule has 0 bridgehead atoms. The molecule has 0 aliphatic rings. The highest BCUT2D eigenvalue weighted by atomic mass is 16.4. The molecule has 1 atom stereocenters. The van der Waals surface area contributed by atoms with Crippen LogP contribution in [-0.4, -0.2) is 23.5 Å². The Morgan fingerprint density at radius 3 is 2.64 bits per heavy atom. The van der Waals surface area contributed by atoms with E-state index in [1.165, 1.54) is 6.26 Å². The van der Waals surface area contributed by atoms with Crippen LogP contribution in [0, 0.1) is 19.8 Å². The smallest absolute Gasteiger partial charge is 0.308 e. The van der Waals surface area contributed by atoms with Crippen molar-refractivity contribution in [3.8, 4) is 0 Å². The molecule has 0 fully saturated rings. The van der Waals surface area contributed by atoms with Crippen LogP contribution >= 0.6 is 0 Å². The molecule has 2 rings (SSSR count). The van der Waals surface area contributed by atoms with E-state index in [2.05, 4.69) is 5.32 Å². The Labute approximate surface area is 129 Å². The summed E-state index contributed by atoms with van der Waals surface area (Å²) in [7, 11) is 0. The van der Waals surface area contributed by atoms with Crippen molar-refractivity contribution in [2.75, 3.05) is 6.54 Å². The molecule has 0 saturated heterocycles. The minimum Gasteiger partial charge on any atom is -0.481 e. The van der Waals surface area contributed by atoms with Crippen LogP contribution in [-0.2, 0) is 11.2 Å². The van der Waals surface area contributed by atoms with E-state index in [1.54, 1.807) is 13.0 Å². The number of carbonyl (C=O) groups excluding carboxylic acids is 1. The molecule has 1 unspecified atom stereocenters. The predicted octanol–water partition coefficient (Wildman–Crippen LogP) is 2.57. The van der Waals surface area contributed by atoms with Gasteiger partial charge in [-0.25, -0.2) is 0 Å². The number of benzene rings is 1. The van der Waals surface area contributed by atoms with Crippen molar-refractivity contribution in [1.82, 2.24) is 5.32 Å². The molecule has 0 aliphatic heterocycles. The third-order valence-corrected chi connectivity index (χ3v) is 3.42. The second-order valence-corrected chi connectivity index (χ2v) is 5.38.